The molecule has 3 aromatic rings. The van der Waals surface area contributed by atoms with Crippen LogP contribution in [0.15, 0.2) is 34.7 Å². The number of hydrogen-bond donors (Lipinski definition) is 1. The van der Waals surface area contributed by atoms with Gasteiger partial charge in [0.05, 0.1) is 17.0 Å². The van der Waals surface area contributed by atoms with E-state index >= 15 is 0 Å². The molecule has 3 heterocycles. The molecule has 1 aliphatic rings. The Balaban J connectivity index is 1.59. The van der Waals surface area contributed by atoms with Gasteiger partial charge in [0.15, 0.2) is 0 Å². The highest BCUT2D eigenvalue weighted by Crippen LogP contribution is 2.41. The third kappa shape index (κ3) is 6.41. The predicted molar refractivity (Wildman–Crippen MR) is 128 cm³/mol. The van der Waals surface area contributed by atoms with Gasteiger partial charge in [-0.05, 0) is 56.7 Å². The zero-order valence-corrected chi connectivity index (χ0v) is 21.1. The number of likely N-dealkylation sites (tertiary alicyclic amines) is 1. The second-order valence-electron chi connectivity index (χ2n) is 9.82. The van der Waals surface area contributed by atoms with Crippen LogP contribution >= 0.6 is 11.3 Å². The van der Waals surface area contributed by atoms with Crippen molar-refractivity contribution in [3.8, 4) is 10.4 Å². The van der Waals surface area contributed by atoms with Gasteiger partial charge in [-0.1, -0.05) is 0 Å². The van der Waals surface area contributed by atoms with Gasteiger partial charge in [0.2, 0.25) is 0 Å². The third-order valence-corrected chi connectivity index (χ3v) is 6.78. The zero-order valence-electron chi connectivity index (χ0n) is 20.3. The number of fused-ring (bicyclic) bond motifs is 1. The summed E-state index contributed by atoms with van der Waals surface area (Å²) < 4.78 is 79.1. The molecule has 200 valence electrons. The second-order valence-corrected chi connectivity index (χ2v) is 10.9. The maximum Gasteiger partial charge on any atom is 0.420 e. The van der Waals surface area contributed by atoms with E-state index in [-0.39, 0.29) is 46.8 Å². The smallest absolute Gasteiger partial charge is 0.420 e. The quantitative estimate of drug-likeness (QED) is 0.357. The fourth-order valence-corrected chi connectivity index (χ4v) is 4.88. The molecule has 0 radical (unpaired) electrons. The number of hydrogen-bond acceptors (Lipinski definition) is 5. The number of nitrogens with zero attached hydrogens (tertiary/aromatic N) is 1. The van der Waals surface area contributed by atoms with E-state index in [1.54, 1.807) is 20.8 Å². The molecule has 4 rings (SSSR count). The molecule has 0 aliphatic carbocycles. The van der Waals surface area contributed by atoms with E-state index in [1.807, 2.05) is 0 Å². The first-order valence-electron chi connectivity index (χ1n) is 11.5. The molecule has 6 nitrogen and oxygen atoms in total. The lowest BCUT2D eigenvalue weighted by molar-refractivity contribution is -0.136. The minimum Gasteiger partial charge on any atom is -0.459 e. The Hall–Kier alpha value is -3.15. The first-order valence-corrected chi connectivity index (χ1v) is 12.3. The number of piperidine rings is 1. The number of nitrogens with one attached hydrogen (secondary N) is 1. The summed E-state index contributed by atoms with van der Waals surface area (Å²) in [6, 6.07) is 6.87. The molecule has 1 aliphatic heterocycles. The van der Waals surface area contributed by atoms with Crippen LogP contribution in [0.4, 0.5) is 26.7 Å². The molecular formula is C25H25F5N2O4S. The average molecular weight is 545 g/mol. The number of furan rings is 1. The molecule has 1 N–H and O–H groups in total. The van der Waals surface area contributed by atoms with Crippen molar-refractivity contribution in [2.24, 2.45) is 0 Å². The van der Waals surface area contributed by atoms with E-state index in [1.165, 1.54) is 29.2 Å². The van der Waals surface area contributed by atoms with E-state index in [4.69, 9.17) is 9.15 Å². The topological polar surface area (TPSA) is 71.8 Å². The zero-order chi connectivity index (χ0) is 27.2. The highest BCUT2D eigenvalue weighted by Gasteiger charge is 2.37. The van der Waals surface area contributed by atoms with Crippen LogP contribution in [0.5, 0.6) is 0 Å². The number of alkyl carbamates (subject to hydrolysis) is 1. The molecule has 0 unspecified atom stereocenters. The first kappa shape index (κ1) is 26.9. The number of carbonyl (C=O) groups excluding carboxylic acids is 2. The summed E-state index contributed by atoms with van der Waals surface area (Å²) in [6.45, 7) is 4.69. The van der Waals surface area contributed by atoms with Gasteiger partial charge in [0, 0.05) is 36.2 Å². The number of benzene rings is 1. The largest absolute Gasteiger partial charge is 0.459 e. The Morgan fingerprint density at radius 2 is 1.78 bits per heavy atom. The number of alkyl halides is 5. The molecule has 2 aromatic heterocycles. The fourth-order valence-electron chi connectivity index (χ4n) is 3.92. The SMILES string of the molecule is CC(C)(C)OC(=O)NCc1cc2cc(-c3ccc(C(=O)N4CCC(F)(F)CC4)s3)cc(C(F)(F)F)c2o1. The summed E-state index contributed by atoms with van der Waals surface area (Å²) >= 11 is 0.992. The molecule has 0 spiro atoms. The molecule has 1 saturated heterocycles. The highest BCUT2D eigenvalue weighted by molar-refractivity contribution is 7.17. The van der Waals surface area contributed by atoms with Crippen LogP contribution in [0.3, 0.4) is 0 Å². The van der Waals surface area contributed by atoms with Crippen LogP contribution in [0.25, 0.3) is 21.4 Å². The van der Waals surface area contributed by atoms with Gasteiger partial charge in [-0.3, -0.25) is 4.79 Å². The number of rotatable bonds is 4. The minimum absolute atomic E-state index is 0.0849. The molecule has 37 heavy (non-hydrogen) atoms. The molecule has 0 bridgehead atoms. The Morgan fingerprint density at radius 3 is 2.41 bits per heavy atom. The van der Waals surface area contributed by atoms with E-state index in [0.717, 1.165) is 17.4 Å². The Labute approximate surface area is 213 Å². The monoisotopic (exact) mass is 544 g/mol. The lowest BCUT2D eigenvalue weighted by Gasteiger charge is -2.31. The van der Waals surface area contributed by atoms with Gasteiger partial charge in [-0.15, -0.1) is 11.3 Å². The van der Waals surface area contributed by atoms with Crippen LogP contribution in [0.1, 0.15) is 54.6 Å². The number of halogens is 5. The molecule has 2 amide bonds. The number of amides is 2. The van der Waals surface area contributed by atoms with Crippen molar-refractivity contribution in [3.05, 3.63) is 46.5 Å². The number of ether oxygens (including phenoxy) is 1. The van der Waals surface area contributed by atoms with Crippen LogP contribution in [-0.4, -0.2) is 41.5 Å². The molecule has 0 atom stereocenters. The van der Waals surface area contributed by atoms with E-state index in [2.05, 4.69) is 5.32 Å². The molecule has 0 saturated carbocycles. The summed E-state index contributed by atoms with van der Waals surface area (Å²) in [6.07, 6.45) is -6.31. The van der Waals surface area contributed by atoms with E-state index in [9.17, 15) is 31.5 Å². The lowest BCUT2D eigenvalue weighted by atomic mass is 10.1. The van der Waals surface area contributed by atoms with Gasteiger partial charge >= 0.3 is 12.3 Å². The van der Waals surface area contributed by atoms with Gasteiger partial charge in [0.25, 0.3) is 11.8 Å². The Kier molecular flexibility index (Phi) is 7.00. The van der Waals surface area contributed by atoms with Crippen molar-refractivity contribution >= 4 is 34.3 Å². The average Bonchev–Trinajstić information content (AvgIpc) is 3.42. The highest BCUT2D eigenvalue weighted by atomic mass is 32.1. The van der Waals surface area contributed by atoms with Crippen molar-refractivity contribution in [1.29, 1.82) is 0 Å². The summed E-state index contributed by atoms with van der Waals surface area (Å²) in [5.74, 6) is -3.12. The summed E-state index contributed by atoms with van der Waals surface area (Å²) in [5.41, 5.74) is -1.89. The Bertz CT molecular complexity index is 1310. The van der Waals surface area contributed by atoms with Gasteiger partial charge in [0.1, 0.15) is 16.9 Å². The lowest BCUT2D eigenvalue weighted by Crippen LogP contribution is -2.42. The molecular weight excluding hydrogens is 519 g/mol. The van der Waals surface area contributed by atoms with Crippen LogP contribution < -0.4 is 5.32 Å². The Morgan fingerprint density at radius 1 is 1.11 bits per heavy atom. The van der Waals surface area contributed by atoms with Crippen molar-refractivity contribution in [3.63, 3.8) is 0 Å². The van der Waals surface area contributed by atoms with Crippen molar-refractivity contribution in [1.82, 2.24) is 10.2 Å². The van der Waals surface area contributed by atoms with Gasteiger partial charge in [-0.25, -0.2) is 13.6 Å². The van der Waals surface area contributed by atoms with E-state index < -0.39 is 48.1 Å². The summed E-state index contributed by atoms with van der Waals surface area (Å²) in [4.78, 5) is 26.7. The van der Waals surface area contributed by atoms with Crippen molar-refractivity contribution in [2.45, 2.75) is 57.9 Å². The van der Waals surface area contributed by atoms with Gasteiger partial charge < -0.3 is 19.4 Å². The van der Waals surface area contributed by atoms with Crippen molar-refractivity contribution < 1.29 is 40.7 Å². The molecule has 1 aromatic carbocycles. The second kappa shape index (κ2) is 9.62. The van der Waals surface area contributed by atoms with E-state index in [0.29, 0.717) is 4.88 Å². The van der Waals surface area contributed by atoms with Gasteiger partial charge in [-0.2, -0.15) is 13.2 Å². The first-order chi connectivity index (χ1) is 17.1. The predicted octanol–water partition coefficient (Wildman–Crippen LogP) is 7.08. The number of carbonyl (C=O) groups is 2. The van der Waals surface area contributed by atoms with Crippen LogP contribution in [0.2, 0.25) is 0 Å². The maximum atomic E-state index is 13.9. The van der Waals surface area contributed by atoms with Crippen LogP contribution in [-0.2, 0) is 17.5 Å². The summed E-state index contributed by atoms with van der Waals surface area (Å²) in [5, 5.41) is 2.62. The summed E-state index contributed by atoms with van der Waals surface area (Å²) in [7, 11) is 0. The molecule has 12 heteroatoms. The third-order valence-electron chi connectivity index (χ3n) is 5.66. The fraction of sp³-hybridized carbons (Fsp3) is 0.440. The molecule has 1 fully saturated rings. The normalized spacial score (nSPS) is 16.2. The van der Waals surface area contributed by atoms with Crippen molar-refractivity contribution in [2.75, 3.05) is 13.1 Å². The number of thiophene rings is 1. The maximum absolute atomic E-state index is 13.9. The van der Waals surface area contributed by atoms with Crippen LogP contribution in [0, 0.1) is 0 Å². The standard InChI is InChI=1S/C25H25F5N2O4S/c1-23(2,3)36-22(34)31-13-16-11-15-10-14(12-17(20(15)35-16)25(28,29)30)18-4-5-19(37-18)21(33)32-8-6-24(26,27)7-9-32/h4-5,10-12H,6-9,13H2,1-3H3,(H,31,34). The minimum atomic E-state index is -4.73.